The van der Waals surface area contributed by atoms with Gasteiger partial charge < -0.3 is 10.6 Å². The van der Waals surface area contributed by atoms with E-state index in [-0.39, 0.29) is 17.3 Å². The first-order chi connectivity index (χ1) is 10.1. The van der Waals surface area contributed by atoms with Crippen molar-refractivity contribution in [1.29, 1.82) is 0 Å². The number of carbonyl (C=O) groups is 1. The van der Waals surface area contributed by atoms with E-state index in [1.807, 2.05) is 19.2 Å². The van der Waals surface area contributed by atoms with Gasteiger partial charge in [-0.2, -0.15) is 0 Å². The van der Waals surface area contributed by atoms with Crippen LogP contribution in [0.5, 0.6) is 0 Å². The highest BCUT2D eigenvalue weighted by molar-refractivity contribution is 7.09. The van der Waals surface area contributed by atoms with Crippen molar-refractivity contribution >= 4 is 23.1 Å². The minimum absolute atomic E-state index is 0.00714. The van der Waals surface area contributed by atoms with E-state index in [4.69, 9.17) is 0 Å². The number of anilines is 1. The first kappa shape index (κ1) is 15.4. The van der Waals surface area contributed by atoms with Gasteiger partial charge in [0.1, 0.15) is 0 Å². The van der Waals surface area contributed by atoms with E-state index < -0.39 is 11.7 Å². The Bertz CT molecular complexity index is 603. The van der Waals surface area contributed by atoms with Crippen molar-refractivity contribution in [2.75, 3.05) is 18.4 Å². The van der Waals surface area contributed by atoms with Gasteiger partial charge in [0.15, 0.2) is 11.6 Å². The van der Waals surface area contributed by atoms with E-state index >= 15 is 0 Å². The predicted octanol–water partition coefficient (Wildman–Crippen LogP) is 2.64. The molecule has 0 fully saturated rings. The fourth-order valence-electron chi connectivity index (χ4n) is 1.82. The van der Waals surface area contributed by atoms with Gasteiger partial charge in [0.25, 0.3) is 5.91 Å². The molecule has 2 aromatic heterocycles. The van der Waals surface area contributed by atoms with E-state index in [9.17, 15) is 9.18 Å². The Hall–Kier alpha value is -2.02. The predicted molar refractivity (Wildman–Crippen MR) is 81.2 cm³/mol. The second kappa shape index (κ2) is 7.12. The second-order valence-electron chi connectivity index (χ2n) is 4.53. The van der Waals surface area contributed by atoms with E-state index in [0.717, 1.165) is 5.01 Å². The van der Waals surface area contributed by atoms with Gasteiger partial charge in [-0.3, -0.25) is 4.79 Å². The highest BCUT2D eigenvalue weighted by Gasteiger charge is 2.17. The van der Waals surface area contributed by atoms with Crippen LogP contribution in [0.1, 0.15) is 35.1 Å². The standard InChI is InChI=1S/C14H17FN4OS/c1-3-16-12-11(15)10(4-5-17-12)13(20)19-8-9(2)14-18-6-7-21-14/h4-7,9H,3,8H2,1-2H3,(H,16,17)(H,19,20). The molecule has 1 amide bonds. The smallest absolute Gasteiger partial charge is 0.254 e. The lowest BCUT2D eigenvalue weighted by molar-refractivity contribution is 0.0947. The van der Waals surface area contributed by atoms with Gasteiger partial charge in [0.05, 0.1) is 10.6 Å². The number of thiazole rings is 1. The number of nitrogens with zero attached hydrogens (tertiary/aromatic N) is 2. The van der Waals surface area contributed by atoms with Crippen molar-refractivity contribution in [2.24, 2.45) is 0 Å². The fourth-order valence-corrected chi connectivity index (χ4v) is 2.51. The molecule has 0 bridgehead atoms. The van der Waals surface area contributed by atoms with Crippen LogP contribution in [0, 0.1) is 5.82 Å². The maximum Gasteiger partial charge on any atom is 0.254 e. The van der Waals surface area contributed by atoms with Crippen molar-refractivity contribution in [2.45, 2.75) is 19.8 Å². The van der Waals surface area contributed by atoms with Crippen molar-refractivity contribution < 1.29 is 9.18 Å². The van der Waals surface area contributed by atoms with Crippen LogP contribution >= 0.6 is 11.3 Å². The number of hydrogen-bond donors (Lipinski definition) is 2. The van der Waals surface area contributed by atoms with Gasteiger partial charge >= 0.3 is 0 Å². The Morgan fingerprint density at radius 3 is 2.90 bits per heavy atom. The summed E-state index contributed by atoms with van der Waals surface area (Å²) in [5.41, 5.74) is -0.00714. The van der Waals surface area contributed by atoms with E-state index in [1.165, 1.54) is 23.6 Å². The van der Waals surface area contributed by atoms with Crippen molar-refractivity contribution in [3.05, 3.63) is 40.2 Å². The van der Waals surface area contributed by atoms with Crippen LogP contribution in [-0.4, -0.2) is 29.0 Å². The van der Waals surface area contributed by atoms with Gasteiger partial charge in [-0.1, -0.05) is 6.92 Å². The minimum Gasteiger partial charge on any atom is -0.368 e. The number of rotatable bonds is 6. The number of pyridine rings is 1. The van der Waals surface area contributed by atoms with Crippen LogP contribution in [0.2, 0.25) is 0 Å². The molecular weight excluding hydrogens is 291 g/mol. The largest absolute Gasteiger partial charge is 0.368 e. The van der Waals surface area contributed by atoms with Crippen molar-refractivity contribution in [3.63, 3.8) is 0 Å². The number of nitrogens with one attached hydrogen (secondary N) is 2. The summed E-state index contributed by atoms with van der Waals surface area (Å²) < 4.78 is 14.1. The maximum atomic E-state index is 14.1. The molecule has 2 N–H and O–H groups in total. The molecule has 0 aromatic carbocycles. The third-order valence-electron chi connectivity index (χ3n) is 2.92. The fraction of sp³-hybridized carbons (Fsp3) is 0.357. The number of hydrogen-bond acceptors (Lipinski definition) is 5. The summed E-state index contributed by atoms with van der Waals surface area (Å²) in [6, 6.07) is 1.37. The zero-order valence-corrected chi connectivity index (χ0v) is 12.7. The molecule has 112 valence electrons. The van der Waals surface area contributed by atoms with Gasteiger partial charge in [-0.05, 0) is 13.0 Å². The molecule has 0 saturated heterocycles. The number of halogens is 1. The Morgan fingerprint density at radius 2 is 2.24 bits per heavy atom. The quantitative estimate of drug-likeness (QED) is 0.861. The van der Waals surface area contributed by atoms with Crippen LogP contribution in [0.15, 0.2) is 23.8 Å². The molecule has 0 saturated carbocycles. The molecule has 2 rings (SSSR count). The summed E-state index contributed by atoms with van der Waals surface area (Å²) in [5.74, 6) is -0.888. The summed E-state index contributed by atoms with van der Waals surface area (Å²) in [6.45, 7) is 4.75. The lowest BCUT2D eigenvalue weighted by Crippen LogP contribution is -2.28. The topological polar surface area (TPSA) is 66.9 Å². The Labute approximate surface area is 126 Å². The Morgan fingerprint density at radius 1 is 1.43 bits per heavy atom. The van der Waals surface area contributed by atoms with E-state index in [1.54, 1.807) is 6.20 Å². The molecule has 0 aliphatic carbocycles. The summed E-state index contributed by atoms with van der Waals surface area (Å²) in [7, 11) is 0. The molecule has 0 radical (unpaired) electrons. The third-order valence-corrected chi connectivity index (χ3v) is 3.93. The minimum atomic E-state index is -0.626. The third kappa shape index (κ3) is 3.75. The van der Waals surface area contributed by atoms with Gasteiger partial charge in [0.2, 0.25) is 0 Å². The average molecular weight is 308 g/mol. The second-order valence-corrected chi connectivity index (χ2v) is 5.46. The first-order valence-corrected chi connectivity index (χ1v) is 7.57. The molecule has 1 atom stereocenters. The number of carbonyl (C=O) groups excluding carboxylic acids is 1. The first-order valence-electron chi connectivity index (χ1n) is 6.69. The zero-order chi connectivity index (χ0) is 15.2. The molecule has 0 spiro atoms. The van der Waals surface area contributed by atoms with Gasteiger partial charge in [-0.15, -0.1) is 11.3 Å². The monoisotopic (exact) mass is 308 g/mol. The van der Waals surface area contributed by atoms with Crippen molar-refractivity contribution in [1.82, 2.24) is 15.3 Å². The average Bonchev–Trinajstić information content (AvgIpc) is 3.01. The normalized spacial score (nSPS) is 12.0. The highest BCUT2D eigenvalue weighted by Crippen LogP contribution is 2.18. The SMILES string of the molecule is CCNc1nccc(C(=O)NCC(C)c2nccs2)c1F. The zero-order valence-electron chi connectivity index (χ0n) is 11.9. The molecular formula is C14H17FN4OS. The molecule has 1 unspecified atom stereocenters. The highest BCUT2D eigenvalue weighted by atomic mass is 32.1. The summed E-state index contributed by atoms with van der Waals surface area (Å²) in [6.07, 6.45) is 3.14. The van der Waals surface area contributed by atoms with Crippen LogP contribution < -0.4 is 10.6 Å². The molecule has 0 aliphatic rings. The summed E-state index contributed by atoms with van der Waals surface area (Å²) in [5, 5.41) is 8.34. The molecule has 0 aliphatic heterocycles. The molecule has 7 heteroatoms. The number of amides is 1. The van der Waals surface area contributed by atoms with Crippen LogP contribution in [0.4, 0.5) is 10.2 Å². The van der Waals surface area contributed by atoms with Crippen LogP contribution in [0.25, 0.3) is 0 Å². The maximum absolute atomic E-state index is 14.1. The van der Waals surface area contributed by atoms with E-state index in [0.29, 0.717) is 13.1 Å². The summed E-state index contributed by atoms with van der Waals surface area (Å²) in [4.78, 5) is 20.1. The Kier molecular flexibility index (Phi) is 5.21. The van der Waals surface area contributed by atoms with Crippen molar-refractivity contribution in [3.8, 4) is 0 Å². The number of aromatic nitrogens is 2. The van der Waals surface area contributed by atoms with Crippen LogP contribution in [-0.2, 0) is 0 Å². The lowest BCUT2D eigenvalue weighted by Gasteiger charge is -2.11. The molecule has 5 nitrogen and oxygen atoms in total. The van der Waals surface area contributed by atoms with E-state index in [2.05, 4.69) is 20.6 Å². The van der Waals surface area contributed by atoms with Gasteiger partial charge in [-0.25, -0.2) is 14.4 Å². The molecule has 21 heavy (non-hydrogen) atoms. The Balaban J connectivity index is 2.02. The van der Waals surface area contributed by atoms with Crippen LogP contribution in [0.3, 0.4) is 0 Å². The molecule has 2 heterocycles. The molecule has 2 aromatic rings. The lowest BCUT2D eigenvalue weighted by atomic mass is 10.1. The summed E-state index contributed by atoms with van der Waals surface area (Å²) >= 11 is 1.53. The van der Waals surface area contributed by atoms with Gasteiger partial charge in [0, 0.05) is 36.8 Å².